The van der Waals surface area contributed by atoms with Crippen LogP contribution < -0.4 is 0 Å². The van der Waals surface area contributed by atoms with Gasteiger partial charge in [-0.2, -0.15) is 11.8 Å². The summed E-state index contributed by atoms with van der Waals surface area (Å²) in [5.74, 6) is 4.23. The van der Waals surface area contributed by atoms with Crippen molar-refractivity contribution in [2.45, 2.75) is 58.1 Å². The second kappa shape index (κ2) is 9.67. The zero-order valence-corrected chi connectivity index (χ0v) is 17.5. The van der Waals surface area contributed by atoms with Crippen molar-refractivity contribution >= 4 is 23.6 Å². The van der Waals surface area contributed by atoms with Crippen LogP contribution >= 0.6 is 11.8 Å². The first-order valence-electron chi connectivity index (χ1n) is 10.3. The van der Waals surface area contributed by atoms with Crippen LogP contribution in [0.4, 0.5) is 0 Å². The van der Waals surface area contributed by atoms with Crippen LogP contribution in [-0.2, 0) is 10.5 Å². The molecule has 3 heterocycles. The van der Waals surface area contributed by atoms with Crippen molar-refractivity contribution in [2.75, 3.05) is 31.9 Å². The standard InChI is InChI=1S/C21H32N2O3S/c1-3-4-12-27-15-18-13-19(26-16(18)2)21(25)22-10-7-17(8-11-22)14-23-9-5-6-20(23)24/h13,17H,3-12,14-15H2,1-2H3. The maximum atomic E-state index is 12.8. The smallest absolute Gasteiger partial charge is 0.289 e. The molecule has 0 aromatic carbocycles. The maximum absolute atomic E-state index is 12.8. The molecule has 6 heteroatoms. The first-order valence-corrected chi connectivity index (χ1v) is 11.5. The lowest BCUT2D eigenvalue weighted by Gasteiger charge is -2.33. The van der Waals surface area contributed by atoms with Gasteiger partial charge in [0.15, 0.2) is 5.76 Å². The fourth-order valence-electron chi connectivity index (χ4n) is 3.88. The molecule has 0 aliphatic carbocycles. The zero-order valence-electron chi connectivity index (χ0n) is 16.7. The number of piperidine rings is 1. The Morgan fingerprint density at radius 3 is 2.74 bits per heavy atom. The average molecular weight is 393 g/mol. The number of unbranched alkanes of at least 4 members (excludes halogenated alkanes) is 1. The van der Waals surface area contributed by atoms with E-state index in [0.717, 1.165) is 68.3 Å². The van der Waals surface area contributed by atoms with Gasteiger partial charge in [0, 0.05) is 43.9 Å². The third-order valence-corrected chi connectivity index (χ3v) is 6.78. The lowest BCUT2D eigenvalue weighted by molar-refractivity contribution is -0.128. The largest absolute Gasteiger partial charge is 0.456 e. The number of carbonyl (C=O) groups excluding carboxylic acids is 2. The Labute approximate surface area is 166 Å². The van der Waals surface area contributed by atoms with E-state index in [4.69, 9.17) is 4.42 Å². The summed E-state index contributed by atoms with van der Waals surface area (Å²) >= 11 is 1.90. The van der Waals surface area contributed by atoms with Gasteiger partial charge >= 0.3 is 0 Å². The summed E-state index contributed by atoms with van der Waals surface area (Å²) in [7, 11) is 0. The van der Waals surface area contributed by atoms with Gasteiger partial charge in [0.05, 0.1) is 0 Å². The summed E-state index contributed by atoms with van der Waals surface area (Å²) in [6, 6.07) is 1.94. The molecule has 2 aliphatic rings. The van der Waals surface area contributed by atoms with Crippen molar-refractivity contribution in [3.05, 3.63) is 23.2 Å². The van der Waals surface area contributed by atoms with E-state index in [-0.39, 0.29) is 5.91 Å². The van der Waals surface area contributed by atoms with E-state index in [1.54, 1.807) is 0 Å². The number of likely N-dealkylation sites (tertiary alicyclic amines) is 2. The molecule has 2 fully saturated rings. The van der Waals surface area contributed by atoms with E-state index >= 15 is 0 Å². The molecule has 0 spiro atoms. The molecule has 1 aromatic rings. The van der Waals surface area contributed by atoms with Gasteiger partial charge in [-0.15, -0.1) is 0 Å². The van der Waals surface area contributed by atoms with Crippen LogP contribution in [-0.4, -0.2) is 53.5 Å². The minimum Gasteiger partial charge on any atom is -0.456 e. The maximum Gasteiger partial charge on any atom is 0.289 e. The summed E-state index contributed by atoms with van der Waals surface area (Å²) in [5, 5.41) is 0. The molecule has 2 amide bonds. The summed E-state index contributed by atoms with van der Waals surface area (Å²) in [6.45, 7) is 7.43. The minimum absolute atomic E-state index is 0.0126. The van der Waals surface area contributed by atoms with Gasteiger partial charge in [-0.3, -0.25) is 9.59 Å². The van der Waals surface area contributed by atoms with Crippen LogP contribution in [0.1, 0.15) is 67.3 Å². The molecule has 0 unspecified atom stereocenters. The Balaban J connectivity index is 1.48. The third kappa shape index (κ3) is 5.31. The quantitative estimate of drug-likeness (QED) is 0.625. The molecule has 0 atom stereocenters. The zero-order chi connectivity index (χ0) is 19.2. The van der Waals surface area contributed by atoms with Gasteiger partial charge in [0.25, 0.3) is 5.91 Å². The molecule has 5 nitrogen and oxygen atoms in total. The van der Waals surface area contributed by atoms with Crippen molar-refractivity contribution in [3.63, 3.8) is 0 Å². The lowest BCUT2D eigenvalue weighted by Crippen LogP contribution is -2.41. The topological polar surface area (TPSA) is 53.8 Å². The van der Waals surface area contributed by atoms with Gasteiger partial charge in [0.2, 0.25) is 5.91 Å². The summed E-state index contributed by atoms with van der Waals surface area (Å²) in [4.78, 5) is 28.5. The number of carbonyl (C=O) groups is 2. The fraction of sp³-hybridized carbons (Fsp3) is 0.714. The minimum atomic E-state index is 0.0126. The van der Waals surface area contributed by atoms with Crippen LogP contribution in [0.5, 0.6) is 0 Å². The van der Waals surface area contributed by atoms with E-state index in [1.165, 1.54) is 12.8 Å². The van der Waals surface area contributed by atoms with Gasteiger partial charge in [0.1, 0.15) is 5.76 Å². The van der Waals surface area contributed by atoms with Crippen LogP contribution in [0.15, 0.2) is 10.5 Å². The number of amides is 2. The second-order valence-electron chi connectivity index (χ2n) is 7.78. The SMILES string of the molecule is CCCCSCc1cc(C(=O)N2CCC(CN3CCCC3=O)CC2)oc1C. The molecule has 27 heavy (non-hydrogen) atoms. The van der Waals surface area contributed by atoms with E-state index in [1.807, 2.05) is 34.6 Å². The highest BCUT2D eigenvalue weighted by Crippen LogP contribution is 2.25. The molecule has 3 rings (SSSR count). The molecule has 2 saturated heterocycles. The predicted molar refractivity (Wildman–Crippen MR) is 109 cm³/mol. The fourth-order valence-corrected chi connectivity index (χ4v) is 5.02. The van der Waals surface area contributed by atoms with Crippen molar-refractivity contribution in [2.24, 2.45) is 5.92 Å². The number of hydrogen-bond acceptors (Lipinski definition) is 4. The predicted octanol–water partition coefficient (Wildman–Crippen LogP) is 4.10. The number of furan rings is 1. The third-order valence-electron chi connectivity index (χ3n) is 5.68. The van der Waals surface area contributed by atoms with Crippen LogP contribution in [0, 0.1) is 12.8 Å². The molecule has 0 bridgehead atoms. The Bertz CT molecular complexity index is 650. The van der Waals surface area contributed by atoms with Crippen LogP contribution in [0.2, 0.25) is 0 Å². The normalized spacial score (nSPS) is 18.5. The van der Waals surface area contributed by atoms with Crippen molar-refractivity contribution < 1.29 is 14.0 Å². The molecule has 2 aliphatic heterocycles. The first kappa shape index (κ1) is 20.3. The van der Waals surface area contributed by atoms with Gasteiger partial charge in [-0.1, -0.05) is 13.3 Å². The van der Waals surface area contributed by atoms with Gasteiger partial charge in [-0.05, 0) is 50.3 Å². The molecule has 0 saturated carbocycles. The number of nitrogens with zero attached hydrogens (tertiary/aromatic N) is 2. The summed E-state index contributed by atoms with van der Waals surface area (Å²) < 4.78 is 5.78. The van der Waals surface area contributed by atoms with E-state index < -0.39 is 0 Å². The second-order valence-corrected chi connectivity index (χ2v) is 8.88. The molecule has 0 N–H and O–H groups in total. The number of thioether (sulfide) groups is 1. The van der Waals surface area contributed by atoms with Gasteiger partial charge in [-0.25, -0.2) is 0 Å². The van der Waals surface area contributed by atoms with E-state index in [0.29, 0.717) is 24.0 Å². The Hall–Kier alpha value is -1.43. The number of hydrogen-bond donors (Lipinski definition) is 0. The van der Waals surface area contributed by atoms with Gasteiger partial charge < -0.3 is 14.2 Å². The first-order chi connectivity index (χ1) is 13.1. The number of aryl methyl sites for hydroxylation is 1. The molecule has 0 radical (unpaired) electrons. The average Bonchev–Trinajstić information content (AvgIpc) is 3.24. The van der Waals surface area contributed by atoms with Crippen molar-refractivity contribution in [1.29, 1.82) is 0 Å². The Morgan fingerprint density at radius 2 is 2.07 bits per heavy atom. The highest BCUT2D eigenvalue weighted by atomic mass is 32.2. The number of rotatable bonds is 8. The van der Waals surface area contributed by atoms with Crippen LogP contribution in [0.25, 0.3) is 0 Å². The monoisotopic (exact) mass is 392 g/mol. The molecule has 1 aromatic heterocycles. The summed E-state index contributed by atoms with van der Waals surface area (Å²) in [5.41, 5.74) is 1.14. The van der Waals surface area contributed by atoms with Crippen molar-refractivity contribution in [3.8, 4) is 0 Å². The van der Waals surface area contributed by atoms with Crippen LogP contribution in [0.3, 0.4) is 0 Å². The van der Waals surface area contributed by atoms with Crippen molar-refractivity contribution in [1.82, 2.24) is 9.80 Å². The Morgan fingerprint density at radius 1 is 1.30 bits per heavy atom. The highest BCUT2D eigenvalue weighted by molar-refractivity contribution is 7.98. The molecular weight excluding hydrogens is 360 g/mol. The lowest BCUT2D eigenvalue weighted by atomic mass is 9.96. The van der Waals surface area contributed by atoms with E-state index in [2.05, 4.69) is 6.92 Å². The molecule has 150 valence electrons. The molecular formula is C21H32N2O3S. The Kier molecular flexibility index (Phi) is 7.27. The van der Waals surface area contributed by atoms with E-state index in [9.17, 15) is 9.59 Å². The highest BCUT2D eigenvalue weighted by Gasteiger charge is 2.29. The summed E-state index contributed by atoms with van der Waals surface area (Å²) in [6.07, 6.45) is 6.07.